The standard InChI is InChI=1S/C24H26N4O5S/c1-15(29)26-10-9-18-19(13-26)34-23-21(18)22(31)28(16-6-3-2-4-7-16)24(32)27(23)14-20(30)25-12-17-8-5-11-33-17/h2-4,6-7,17H,5,8-14H2,1H3,(H,25,30)/t17-/m0/s1. The van der Waals surface area contributed by atoms with Crippen molar-refractivity contribution < 1.29 is 14.3 Å². The van der Waals surface area contributed by atoms with Crippen LogP contribution in [0.4, 0.5) is 0 Å². The molecule has 0 bridgehead atoms. The molecule has 4 heterocycles. The number of aromatic nitrogens is 2. The number of rotatable bonds is 5. The monoisotopic (exact) mass is 482 g/mol. The fourth-order valence-corrected chi connectivity index (χ4v) is 6.00. The summed E-state index contributed by atoms with van der Waals surface area (Å²) in [5.74, 6) is -0.343. The number of carbonyl (C=O) groups is 2. The Morgan fingerprint density at radius 1 is 1.21 bits per heavy atom. The van der Waals surface area contributed by atoms with E-state index in [9.17, 15) is 19.2 Å². The van der Waals surface area contributed by atoms with Gasteiger partial charge in [0.1, 0.15) is 11.4 Å². The number of hydrogen-bond donors (Lipinski definition) is 1. The molecule has 5 rings (SSSR count). The zero-order valence-electron chi connectivity index (χ0n) is 18.9. The number of benzene rings is 1. The first-order valence-electron chi connectivity index (χ1n) is 11.4. The summed E-state index contributed by atoms with van der Waals surface area (Å²) in [6.07, 6.45) is 2.39. The Bertz CT molecular complexity index is 1370. The Balaban J connectivity index is 1.61. The lowest BCUT2D eigenvalue weighted by Gasteiger charge is -2.25. The lowest BCUT2D eigenvalue weighted by atomic mass is 10.1. The lowest BCUT2D eigenvalue weighted by Crippen LogP contribution is -2.42. The molecule has 0 radical (unpaired) electrons. The molecule has 1 aromatic carbocycles. The van der Waals surface area contributed by atoms with Crippen LogP contribution in [-0.4, -0.2) is 51.6 Å². The van der Waals surface area contributed by atoms with Gasteiger partial charge in [-0.05, 0) is 37.0 Å². The first kappa shape index (κ1) is 22.5. The fourth-order valence-electron chi connectivity index (χ4n) is 4.65. The summed E-state index contributed by atoms with van der Waals surface area (Å²) >= 11 is 1.32. The number of amides is 2. The molecular weight excluding hydrogens is 456 g/mol. The van der Waals surface area contributed by atoms with Gasteiger partial charge in [-0.1, -0.05) is 18.2 Å². The van der Waals surface area contributed by atoms with Gasteiger partial charge < -0.3 is 15.0 Å². The van der Waals surface area contributed by atoms with Crippen LogP contribution in [0.25, 0.3) is 15.9 Å². The van der Waals surface area contributed by atoms with E-state index >= 15 is 0 Å². The lowest BCUT2D eigenvalue weighted by molar-refractivity contribution is -0.129. The number of nitrogens with one attached hydrogen (secondary N) is 1. The van der Waals surface area contributed by atoms with E-state index in [0.29, 0.717) is 48.6 Å². The van der Waals surface area contributed by atoms with Gasteiger partial charge in [0.25, 0.3) is 5.56 Å². The summed E-state index contributed by atoms with van der Waals surface area (Å²) in [4.78, 5) is 55.0. The number of hydrogen-bond acceptors (Lipinski definition) is 6. The van der Waals surface area contributed by atoms with Crippen LogP contribution in [0, 0.1) is 0 Å². The van der Waals surface area contributed by atoms with Crippen molar-refractivity contribution in [1.29, 1.82) is 0 Å². The Labute approximate surface area is 199 Å². The van der Waals surface area contributed by atoms with Gasteiger partial charge in [0, 0.05) is 31.5 Å². The Morgan fingerprint density at radius 2 is 2.00 bits per heavy atom. The first-order chi connectivity index (χ1) is 16.4. The van der Waals surface area contributed by atoms with E-state index < -0.39 is 11.2 Å². The minimum absolute atomic E-state index is 0.00872. The number of para-hydroxylation sites is 1. The molecule has 2 aromatic heterocycles. The first-order valence-corrected chi connectivity index (χ1v) is 12.2. The molecule has 0 aliphatic carbocycles. The average Bonchev–Trinajstić information content (AvgIpc) is 3.48. The molecule has 178 valence electrons. The van der Waals surface area contributed by atoms with Crippen LogP contribution in [0.5, 0.6) is 0 Å². The maximum atomic E-state index is 13.6. The highest BCUT2D eigenvalue weighted by molar-refractivity contribution is 7.18. The number of thiophene rings is 1. The van der Waals surface area contributed by atoms with Gasteiger partial charge in [-0.3, -0.25) is 19.0 Å². The van der Waals surface area contributed by atoms with Crippen LogP contribution in [0.15, 0.2) is 39.9 Å². The van der Waals surface area contributed by atoms with E-state index in [1.54, 1.807) is 29.2 Å². The quantitative estimate of drug-likeness (QED) is 0.593. The molecule has 1 fully saturated rings. The van der Waals surface area contributed by atoms with Crippen molar-refractivity contribution in [3.05, 3.63) is 61.6 Å². The van der Waals surface area contributed by atoms with Crippen LogP contribution in [0.2, 0.25) is 0 Å². The minimum Gasteiger partial charge on any atom is -0.376 e. The van der Waals surface area contributed by atoms with E-state index in [0.717, 1.165) is 27.8 Å². The third kappa shape index (κ3) is 4.07. The average molecular weight is 483 g/mol. The van der Waals surface area contributed by atoms with Crippen LogP contribution in [0.3, 0.4) is 0 Å². The number of carbonyl (C=O) groups excluding carboxylic acids is 2. The van der Waals surface area contributed by atoms with Gasteiger partial charge in [0.15, 0.2) is 0 Å². The Kier molecular flexibility index (Phi) is 6.09. The molecule has 10 heteroatoms. The maximum Gasteiger partial charge on any atom is 0.337 e. The van der Waals surface area contributed by atoms with E-state index in [-0.39, 0.29) is 24.5 Å². The Hall–Kier alpha value is -3.24. The zero-order valence-corrected chi connectivity index (χ0v) is 19.7. The van der Waals surface area contributed by atoms with Gasteiger partial charge in [-0.15, -0.1) is 11.3 Å². The summed E-state index contributed by atoms with van der Waals surface area (Å²) in [5.41, 5.74) is 0.365. The third-order valence-electron chi connectivity index (χ3n) is 6.43. The van der Waals surface area contributed by atoms with Gasteiger partial charge >= 0.3 is 5.69 Å². The second-order valence-corrected chi connectivity index (χ2v) is 9.74. The SMILES string of the molecule is CC(=O)N1CCc2c(sc3c2c(=O)n(-c2ccccc2)c(=O)n3CC(=O)NC[C@@H]2CCCO2)C1. The maximum absolute atomic E-state index is 13.6. The number of fused-ring (bicyclic) bond motifs is 3. The topological polar surface area (TPSA) is 103 Å². The minimum atomic E-state index is -0.557. The predicted molar refractivity (Wildman–Crippen MR) is 128 cm³/mol. The Morgan fingerprint density at radius 3 is 2.71 bits per heavy atom. The van der Waals surface area contributed by atoms with Crippen molar-refractivity contribution >= 4 is 33.4 Å². The van der Waals surface area contributed by atoms with Crippen molar-refractivity contribution in [3.63, 3.8) is 0 Å². The van der Waals surface area contributed by atoms with Crippen molar-refractivity contribution in [2.45, 2.75) is 45.4 Å². The van der Waals surface area contributed by atoms with Gasteiger partial charge in [-0.25, -0.2) is 9.36 Å². The van der Waals surface area contributed by atoms with Crippen molar-refractivity contribution in [1.82, 2.24) is 19.4 Å². The predicted octanol–water partition coefficient (Wildman–Crippen LogP) is 1.41. The zero-order chi connectivity index (χ0) is 23.8. The molecule has 1 N–H and O–H groups in total. The number of ether oxygens (including phenoxy) is 1. The van der Waals surface area contributed by atoms with Gasteiger partial charge in [0.2, 0.25) is 11.8 Å². The molecule has 34 heavy (non-hydrogen) atoms. The molecule has 2 aliphatic rings. The number of nitrogens with zero attached hydrogens (tertiary/aromatic N) is 3. The largest absolute Gasteiger partial charge is 0.376 e. The molecule has 1 saturated heterocycles. The molecule has 0 saturated carbocycles. The highest BCUT2D eigenvalue weighted by Crippen LogP contribution is 2.33. The molecule has 2 amide bonds. The molecule has 2 aliphatic heterocycles. The molecular formula is C24H26N4O5S. The second-order valence-electron chi connectivity index (χ2n) is 8.66. The normalized spacial score (nSPS) is 17.7. The second kappa shape index (κ2) is 9.19. The van der Waals surface area contributed by atoms with Crippen molar-refractivity contribution in [2.24, 2.45) is 0 Å². The van der Waals surface area contributed by atoms with Crippen LogP contribution in [-0.2, 0) is 33.8 Å². The highest BCUT2D eigenvalue weighted by atomic mass is 32.1. The highest BCUT2D eigenvalue weighted by Gasteiger charge is 2.28. The van der Waals surface area contributed by atoms with E-state index in [4.69, 9.17) is 4.74 Å². The summed E-state index contributed by atoms with van der Waals surface area (Å²) in [6, 6.07) is 8.74. The van der Waals surface area contributed by atoms with E-state index in [1.807, 2.05) is 6.07 Å². The molecule has 0 unspecified atom stereocenters. The summed E-state index contributed by atoms with van der Waals surface area (Å²) in [6.45, 7) is 3.32. The van der Waals surface area contributed by atoms with E-state index in [1.165, 1.54) is 22.8 Å². The smallest absolute Gasteiger partial charge is 0.337 e. The van der Waals surface area contributed by atoms with Crippen LogP contribution in [0.1, 0.15) is 30.2 Å². The molecule has 3 aromatic rings. The molecule has 9 nitrogen and oxygen atoms in total. The van der Waals surface area contributed by atoms with Crippen molar-refractivity contribution in [2.75, 3.05) is 19.7 Å². The van der Waals surface area contributed by atoms with Crippen LogP contribution < -0.4 is 16.6 Å². The van der Waals surface area contributed by atoms with Gasteiger partial charge in [-0.2, -0.15) is 0 Å². The fraction of sp³-hybridized carbons (Fsp3) is 0.417. The summed E-state index contributed by atoms with van der Waals surface area (Å²) in [7, 11) is 0. The van der Waals surface area contributed by atoms with Crippen molar-refractivity contribution in [3.8, 4) is 5.69 Å². The van der Waals surface area contributed by atoms with E-state index in [2.05, 4.69) is 5.32 Å². The van der Waals surface area contributed by atoms with Crippen LogP contribution >= 0.6 is 11.3 Å². The third-order valence-corrected chi connectivity index (χ3v) is 7.67. The summed E-state index contributed by atoms with van der Waals surface area (Å²) in [5, 5.41) is 3.32. The molecule has 1 atom stereocenters. The van der Waals surface area contributed by atoms with Gasteiger partial charge in [0.05, 0.1) is 23.7 Å². The summed E-state index contributed by atoms with van der Waals surface area (Å²) < 4.78 is 8.09. The molecule has 0 spiro atoms.